The normalized spacial score (nSPS) is 15.6. The summed E-state index contributed by atoms with van der Waals surface area (Å²) in [6, 6.07) is 4.42. The summed E-state index contributed by atoms with van der Waals surface area (Å²) in [5.41, 5.74) is 0.626. The summed E-state index contributed by atoms with van der Waals surface area (Å²) in [6.07, 6.45) is 2.52. The van der Waals surface area contributed by atoms with Crippen molar-refractivity contribution in [3.8, 4) is 0 Å². The van der Waals surface area contributed by atoms with Gasteiger partial charge in [-0.15, -0.1) is 5.10 Å². The predicted molar refractivity (Wildman–Crippen MR) is 54.0 cm³/mol. The third-order valence-corrected chi connectivity index (χ3v) is 2.49. The van der Waals surface area contributed by atoms with E-state index in [0.717, 1.165) is 12.4 Å². The number of hydrogen-bond donors (Lipinski definition) is 1. The fourth-order valence-corrected chi connectivity index (χ4v) is 1.58. The maximum absolute atomic E-state index is 8.83. The molecule has 0 atom stereocenters. The Bertz CT molecular complexity index is 295. The second-order valence-electron chi connectivity index (χ2n) is 3.56. The van der Waals surface area contributed by atoms with Crippen LogP contribution in [0.2, 0.25) is 0 Å². The van der Waals surface area contributed by atoms with Gasteiger partial charge in [-0.05, 0) is 31.9 Å². The molecule has 1 aromatic heterocycles. The molecule has 0 aromatic carbocycles. The fraction of sp³-hybridized carbons (Fsp3) is 0.600. The largest absolute Gasteiger partial charge is 0.390 e. The van der Waals surface area contributed by atoms with E-state index in [1.54, 1.807) is 0 Å². The van der Waals surface area contributed by atoms with E-state index in [-0.39, 0.29) is 6.61 Å². The summed E-state index contributed by atoms with van der Waals surface area (Å²) in [4.78, 5) is 2.26. The summed E-state index contributed by atoms with van der Waals surface area (Å²) in [6.45, 7) is 3.06. The molecule has 0 amide bonds. The molecule has 76 valence electrons. The van der Waals surface area contributed by atoms with Gasteiger partial charge in [0, 0.05) is 12.6 Å². The number of hydrogen-bond acceptors (Lipinski definition) is 4. The quantitative estimate of drug-likeness (QED) is 0.773. The maximum atomic E-state index is 8.83. The van der Waals surface area contributed by atoms with Crippen LogP contribution in [0.15, 0.2) is 12.1 Å². The molecule has 1 N–H and O–H groups in total. The van der Waals surface area contributed by atoms with Crippen molar-refractivity contribution in [2.45, 2.75) is 32.4 Å². The van der Waals surface area contributed by atoms with E-state index in [1.165, 1.54) is 12.8 Å². The first-order chi connectivity index (χ1) is 6.85. The standard InChI is InChI=1S/C10H15N3O/c1-2-13(9-4-5-9)10-6-3-8(7-14)11-12-10/h3,6,9,14H,2,4-5,7H2,1H3. The zero-order chi connectivity index (χ0) is 9.97. The Morgan fingerprint density at radius 3 is 2.64 bits per heavy atom. The van der Waals surface area contributed by atoms with E-state index in [0.29, 0.717) is 11.7 Å². The van der Waals surface area contributed by atoms with Gasteiger partial charge in [0.1, 0.15) is 0 Å². The van der Waals surface area contributed by atoms with Crippen molar-refractivity contribution in [3.05, 3.63) is 17.8 Å². The Balaban J connectivity index is 2.13. The van der Waals surface area contributed by atoms with Crippen LogP contribution in [0.25, 0.3) is 0 Å². The lowest BCUT2D eigenvalue weighted by Gasteiger charge is -2.20. The Kier molecular flexibility index (Phi) is 2.63. The van der Waals surface area contributed by atoms with Crippen molar-refractivity contribution in [2.75, 3.05) is 11.4 Å². The van der Waals surface area contributed by atoms with Gasteiger partial charge in [-0.3, -0.25) is 0 Å². The highest BCUT2D eigenvalue weighted by atomic mass is 16.3. The summed E-state index contributed by atoms with van der Waals surface area (Å²) >= 11 is 0. The molecule has 0 aliphatic heterocycles. The molecule has 0 saturated heterocycles. The van der Waals surface area contributed by atoms with Gasteiger partial charge in [-0.25, -0.2) is 0 Å². The maximum Gasteiger partial charge on any atom is 0.151 e. The van der Waals surface area contributed by atoms with Gasteiger partial charge in [-0.2, -0.15) is 5.10 Å². The smallest absolute Gasteiger partial charge is 0.151 e. The summed E-state index contributed by atoms with van der Waals surface area (Å²) < 4.78 is 0. The molecule has 1 aliphatic carbocycles. The van der Waals surface area contributed by atoms with Crippen LogP contribution in [0.1, 0.15) is 25.5 Å². The van der Waals surface area contributed by atoms with Gasteiger partial charge < -0.3 is 10.0 Å². The average Bonchev–Trinajstić information content (AvgIpc) is 3.04. The topological polar surface area (TPSA) is 49.2 Å². The fourth-order valence-electron chi connectivity index (χ4n) is 1.58. The first-order valence-electron chi connectivity index (χ1n) is 5.05. The van der Waals surface area contributed by atoms with Crippen molar-refractivity contribution >= 4 is 5.82 Å². The molecule has 1 saturated carbocycles. The number of anilines is 1. The van der Waals surface area contributed by atoms with Gasteiger partial charge >= 0.3 is 0 Å². The van der Waals surface area contributed by atoms with Crippen molar-refractivity contribution < 1.29 is 5.11 Å². The molecule has 1 heterocycles. The number of aliphatic hydroxyl groups is 1. The minimum absolute atomic E-state index is 0.0389. The molecular weight excluding hydrogens is 178 g/mol. The molecular formula is C10H15N3O. The minimum Gasteiger partial charge on any atom is -0.390 e. The number of aliphatic hydroxyl groups excluding tert-OH is 1. The molecule has 2 rings (SSSR count). The van der Waals surface area contributed by atoms with Gasteiger partial charge in [0.2, 0.25) is 0 Å². The predicted octanol–water partition coefficient (Wildman–Crippen LogP) is 0.958. The third-order valence-electron chi connectivity index (χ3n) is 2.49. The van der Waals surface area contributed by atoms with E-state index in [9.17, 15) is 0 Å². The highest BCUT2D eigenvalue weighted by molar-refractivity contribution is 5.40. The number of aromatic nitrogens is 2. The Hall–Kier alpha value is -1.16. The number of rotatable bonds is 4. The van der Waals surface area contributed by atoms with E-state index >= 15 is 0 Å². The van der Waals surface area contributed by atoms with Crippen LogP contribution >= 0.6 is 0 Å². The summed E-state index contributed by atoms with van der Waals surface area (Å²) in [5.74, 6) is 0.923. The molecule has 14 heavy (non-hydrogen) atoms. The zero-order valence-electron chi connectivity index (χ0n) is 8.35. The molecule has 0 bridgehead atoms. The van der Waals surface area contributed by atoms with Gasteiger partial charge in [0.05, 0.1) is 12.3 Å². The molecule has 0 radical (unpaired) electrons. The molecule has 0 spiro atoms. The Morgan fingerprint density at radius 2 is 2.21 bits per heavy atom. The second kappa shape index (κ2) is 3.92. The lowest BCUT2D eigenvalue weighted by molar-refractivity contribution is 0.275. The zero-order valence-corrected chi connectivity index (χ0v) is 8.35. The van der Waals surface area contributed by atoms with Crippen molar-refractivity contribution in [2.24, 2.45) is 0 Å². The third kappa shape index (κ3) is 1.85. The monoisotopic (exact) mass is 193 g/mol. The van der Waals surface area contributed by atoms with Crippen molar-refractivity contribution in [1.82, 2.24) is 10.2 Å². The Morgan fingerprint density at radius 1 is 1.43 bits per heavy atom. The van der Waals surface area contributed by atoms with Crippen LogP contribution in [-0.2, 0) is 6.61 Å². The SMILES string of the molecule is CCN(c1ccc(CO)nn1)C1CC1. The molecule has 0 unspecified atom stereocenters. The van der Waals surface area contributed by atoms with Gasteiger partial charge in [-0.1, -0.05) is 0 Å². The van der Waals surface area contributed by atoms with E-state index in [2.05, 4.69) is 22.0 Å². The summed E-state index contributed by atoms with van der Waals surface area (Å²) in [5, 5.41) is 16.9. The van der Waals surface area contributed by atoms with Crippen molar-refractivity contribution in [1.29, 1.82) is 0 Å². The lowest BCUT2D eigenvalue weighted by Crippen LogP contribution is -2.26. The summed E-state index contributed by atoms with van der Waals surface area (Å²) in [7, 11) is 0. The first kappa shape index (κ1) is 9.40. The molecule has 1 fully saturated rings. The highest BCUT2D eigenvalue weighted by Gasteiger charge is 2.28. The Labute approximate surface area is 83.6 Å². The highest BCUT2D eigenvalue weighted by Crippen LogP contribution is 2.29. The van der Waals surface area contributed by atoms with Crippen LogP contribution in [0.5, 0.6) is 0 Å². The van der Waals surface area contributed by atoms with E-state index in [4.69, 9.17) is 5.11 Å². The van der Waals surface area contributed by atoms with Crippen LogP contribution in [0, 0.1) is 0 Å². The molecule has 4 nitrogen and oxygen atoms in total. The van der Waals surface area contributed by atoms with Crippen LogP contribution in [0.3, 0.4) is 0 Å². The first-order valence-corrected chi connectivity index (χ1v) is 5.05. The number of nitrogens with zero attached hydrogens (tertiary/aromatic N) is 3. The van der Waals surface area contributed by atoms with E-state index < -0.39 is 0 Å². The molecule has 4 heteroatoms. The van der Waals surface area contributed by atoms with Crippen molar-refractivity contribution in [3.63, 3.8) is 0 Å². The average molecular weight is 193 g/mol. The second-order valence-corrected chi connectivity index (χ2v) is 3.56. The minimum atomic E-state index is -0.0389. The van der Waals surface area contributed by atoms with Crippen LogP contribution in [-0.4, -0.2) is 27.9 Å². The van der Waals surface area contributed by atoms with Gasteiger partial charge in [0.25, 0.3) is 0 Å². The van der Waals surface area contributed by atoms with Crippen LogP contribution < -0.4 is 4.90 Å². The van der Waals surface area contributed by atoms with Crippen LogP contribution in [0.4, 0.5) is 5.82 Å². The molecule has 1 aromatic rings. The van der Waals surface area contributed by atoms with E-state index in [1.807, 2.05) is 12.1 Å². The lowest BCUT2D eigenvalue weighted by atomic mass is 10.3. The molecule has 1 aliphatic rings. The van der Waals surface area contributed by atoms with Gasteiger partial charge in [0.15, 0.2) is 5.82 Å².